The van der Waals surface area contributed by atoms with Crippen LogP contribution in [-0.2, 0) is 11.3 Å². The maximum Gasteiger partial charge on any atom is 0.256 e. The van der Waals surface area contributed by atoms with Gasteiger partial charge in [-0.2, -0.15) is 0 Å². The molecule has 2 heterocycles. The van der Waals surface area contributed by atoms with E-state index in [0.717, 1.165) is 31.8 Å². The monoisotopic (exact) mass is 395 g/mol. The van der Waals surface area contributed by atoms with Crippen LogP contribution in [0.5, 0.6) is 0 Å². The Balaban J connectivity index is 1.60. The summed E-state index contributed by atoms with van der Waals surface area (Å²) in [5.41, 5.74) is -1.18. The van der Waals surface area contributed by atoms with Crippen LogP contribution in [0.4, 0.5) is 8.78 Å². The van der Waals surface area contributed by atoms with Gasteiger partial charge in [0.2, 0.25) is 0 Å². The van der Waals surface area contributed by atoms with Crippen LogP contribution in [0.25, 0.3) is 0 Å². The summed E-state index contributed by atoms with van der Waals surface area (Å²) in [4.78, 5) is 16.9. The first kappa shape index (κ1) is 21.1. The van der Waals surface area contributed by atoms with Gasteiger partial charge in [-0.05, 0) is 70.3 Å². The highest BCUT2D eigenvalue weighted by Crippen LogP contribution is 2.25. The van der Waals surface area contributed by atoms with Crippen molar-refractivity contribution < 1.29 is 18.7 Å². The Kier molecular flexibility index (Phi) is 6.37. The Labute approximate surface area is 165 Å². The van der Waals surface area contributed by atoms with E-state index in [-0.39, 0.29) is 24.5 Å². The molecule has 3 rings (SSSR count). The minimum Gasteiger partial charge on any atom is -0.379 e. The molecule has 0 aromatic heterocycles. The Morgan fingerprint density at radius 1 is 1.14 bits per heavy atom. The summed E-state index contributed by atoms with van der Waals surface area (Å²) in [6.45, 7) is 8.07. The number of rotatable bonds is 7. The van der Waals surface area contributed by atoms with Gasteiger partial charge in [0, 0.05) is 31.7 Å². The molecule has 1 aromatic rings. The van der Waals surface area contributed by atoms with Gasteiger partial charge in [-0.1, -0.05) is 6.07 Å². The average molecular weight is 395 g/mol. The first-order chi connectivity index (χ1) is 13.2. The van der Waals surface area contributed by atoms with Crippen LogP contribution in [0, 0.1) is 11.6 Å². The molecule has 2 saturated heterocycles. The number of aliphatic hydroxyl groups is 1. The van der Waals surface area contributed by atoms with Crippen LogP contribution in [0.15, 0.2) is 18.2 Å². The fourth-order valence-electron chi connectivity index (χ4n) is 4.18. The first-order valence-corrected chi connectivity index (χ1v) is 10.1. The third-order valence-electron chi connectivity index (χ3n) is 5.74. The third-order valence-corrected chi connectivity index (χ3v) is 5.74. The molecule has 0 aliphatic carbocycles. The van der Waals surface area contributed by atoms with Gasteiger partial charge in [-0.3, -0.25) is 4.79 Å². The standard InChI is InChI=1S/C21H31F2N3O2/c1-20(2,15-25-9-3-4-10-25)24-14-21(28)8-5-11-26(19(21)27)13-16-6-7-17(22)18(23)12-16/h6-7,12,24,28H,3-5,8-11,13-15H2,1-2H3/t21-/m0/s1. The highest BCUT2D eigenvalue weighted by atomic mass is 19.2. The molecule has 2 aliphatic rings. The van der Waals surface area contributed by atoms with Crippen LogP contribution in [0.1, 0.15) is 45.1 Å². The summed E-state index contributed by atoms with van der Waals surface area (Å²) in [5.74, 6) is -2.19. The Morgan fingerprint density at radius 2 is 1.86 bits per heavy atom. The van der Waals surface area contributed by atoms with E-state index in [0.29, 0.717) is 24.9 Å². The predicted octanol–water partition coefficient (Wildman–Crippen LogP) is 2.28. The minimum atomic E-state index is -1.47. The van der Waals surface area contributed by atoms with Gasteiger partial charge in [0.1, 0.15) is 0 Å². The molecular weight excluding hydrogens is 364 g/mol. The van der Waals surface area contributed by atoms with E-state index in [4.69, 9.17) is 0 Å². The summed E-state index contributed by atoms with van der Waals surface area (Å²) in [6.07, 6.45) is 3.50. The number of amides is 1. The van der Waals surface area contributed by atoms with Gasteiger partial charge >= 0.3 is 0 Å². The molecule has 5 nitrogen and oxygen atoms in total. The maximum atomic E-state index is 13.5. The van der Waals surface area contributed by atoms with E-state index in [1.807, 2.05) is 0 Å². The number of nitrogens with zero attached hydrogens (tertiary/aromatic N) is 2. The largest absolute Gasteiger partial charge is 0.379 e. The number of hydrogen-bond donors (Lipinski definition) is 2. The lowest BCUT2D eigenvalue weighted by molar-refractivity contribution is -0.157. The van der Waals surface area contributed by atoms with Crippen molar-refractivity contribution in [2.24, 2.45) is 0 Å². The van der Waals surface area contributed by atoms with Gasteiger partial charge < -0.3 is 20.2 Å². The Bertz CT molecular complexity index is 707. The molecule has 156 valence electrons. The highest BCUT2D eigenvalue weighted by Gasteiger charge is 2.43. The zero-order chi connectivity index (χ0) is 20.4. The number of benzene rings is 1. The molecule has 28 heavy (non-hydrogen) atoms. The second-order valence-electron chi connectivity index (χ2n) is 8.83. The first-order valence-electron chi connectivity index (χ1n) is 10.1. The predicted molar refractivity (Wildman–Crippen MR) is 104 cm³/mol. The van der Waals surface area contributed by atoms with Crippen molar-refractivity contribution in [1.82, 2.24) is 15.1 Å². The van der Waals surface area contributed by atoms with Crippen molar-refractivity contribution in [3.63, 3.8) is 0 Å². The average Bonchev–Trinajstić information content (AvgIpc) is 3.13. The number of β-amino-alcohol motifs (C(OH)–C–C–N with tert-alkyl or cyclic N) is 1. The molecule has 7 heteroatoms. The van der Waals surface area contributed by atoms with Gasteiger partial charge in [0.15, 0.2) is 17.2 Å². The van der Waals surface area contributed by atoms with Crippen LogP contribution in [0.2, 0.25) is 0 Å². The van der Waals surface area contributed by atoms with Gasteiger partial charge in [-0.25, -0.2) is 8.78 Å². The normalized spacial score (nSPS) is 24.2. The van der Waals surface area contributed by atoms with Crippen LogP contribution >= 0.6 is 0 Å². The van der Waals surface area contributed by atoms with E-state index in [1.54, 1.807) is 0 Å². The summed E-state index contributed by atoms with van der Waals surface area (Å²) in [6, 6.07) is 3.64. The van der Waals surface area contributed by atoms with E-state index in [1.165, 1.54) is 23.8 Å². The summed E-state index contributed by atoms with van der Waals surface area (Å²) in [7, 11) is 0. The molecular formula is C21H31F2N3O2. The molecule has 1 atom stereocenters. The lowest BCUT2D eigenvalue weighted by Crippen LogP contribution is -2.61. The van der Waals surface area contributed by atoms with Crippen molar-refractivity contribution >= 4 is 5.91 Å². The maximum absolute atomic E-state index is 13.5. The van der Waals surface area contributed by atoms with E-state index in [2.05, 4.69) is 24.1 Å². The molecule has 1 amide bonds. The van der Waals surface area contributed by atoms with Gasteiger partial charge in [0.05, 0.1) is 0 Å². The van der Waals surface area contributed by atoms with Crippen molar-refractivity contribution in [3.05, 3.63) is 35.4 Å². The number of piperidine rings is 1. The van der Waals surface area contributed by atoms with Gasteiger partial charge in [-0.15, -0.1) is 0 Å². The van der Waals surface area contributed by atoms with Crippen LogP contribution < -0.4 is 5.32 Å². The molecule has 0 unspecified atom stereocenters. The summed E-state index contributed by atoms with van der Waals surface area (Å²) >= 11 is 0. The van der Waals surface area contributed by atoms with E-state index < -0.39 is 17.2 Å². The minimum absolute atomic E-state index is 0.162. The molecule has 0 saturated carbocycles. The molecule has 0 bridgehead atoms. The number of carbonyl (C=O) groups excluding carboxylic acids is 1. The lowest BCUT2D eigenvalue weighted by Gasteiger charge is -2.41. The molecule has 1 aromatic carbocycles. The van der Waals surface area contributed by atoms with Crippen molar-refractivity contribution in [3.8, 4) is 0 Å². The fraction of sp³-hybridized carbons (Fsp3) is 0.667. The number of likely N-dealkylation sites (tertiary alicyclic amines) is 2. The molecule has 2 fully saturated rings. The Hall–Kier alpha value is -1.57. The SMILES string of the molecule is CC(C)(CN1CCCC1)NC[C@@]1(O)CCCN(Cc2ccc(F)c(F)c2)C1=O. The third kappa shape index (κ3) is 5.07. The number of carbonyl (C=O) groups is 1. The molecule has 2 N–H and O–H groups in total. The fourth-order valence-corrected chi connectivity index (χ4v) is 4.18. The Morgan fingerprint density at radius 3 is 2.54 bits per heavy atom. The van der Waals surface area contributed by atoms with Crippen molar-refractivity contribution in [1.29, 1.82) is 0 Å². The van der Waals surface area contributed by atoms with Crippen LogP contribution in [0.3, 0.4) is 0 Å². The molecule has 0 radical (unpaired) electrons. The van der Waals surface area contributed by atoms with Gasteiger partial charge in [0.25, 0.3) is 5.91 Å². The molecule has 0 spiro atoms. The van der Waals surface area contributed by atoms with Crippen molar-refractivity contribution in [2.45, 2.75) is 57.2 Å². The topological polar surface area (TPSA) is 55.8 Å². The smallest absolute Gasteiger partial charge is 0.256 e. The van der Waals surface area contributed by atoms with Crippen molar-refractivity contribution in [2.75, 3.05) is 32.7 Å². The van der Waals surface area contributed by atoms with Crippen LogP contribution in [-0.4, -0.2) is 64.7 Å². The van der Waals surface area contributed by atoms with E-state index in [9.17, 15) is 18.7 Å². The second-order valence-corrected chi connectivity index (χ2v) is 8.83. The zero-order valence-electron chi connectivity index (χ0n) is 16.8. The number of hydrogen-bond acceptors (Lipinski definition) is 4. The lowest BCUT2D eigenvalue weighted by atomic mass is 9.90. The summed E-state index contributed by atoms with van der Waals surface area (Å²) < 4.78 is 26.6. The quantitative estimate of drug-likeness (QED) is 0.744. The second kappa shape index (κ2) is 8.43. The number of halogens is 2. The van der Waals surface area contributed by atoms with E-state index >= 15 is 0 Å². The number of nitrogens with one attached hydrogen (secondary N) is 1. The summed E-state index contributed by atoms with van der Waals surface area (Å²) in [5, 5.41) is 14.4. The zero-order valence-corrected chi connectivity index (χ0v) is 16.8. The molecule has 2 aliphatic heterocycles. The highest BCUT2D eigenvalue weighted by molar-refractivity contribution is 5.86.